The van der Waals surface area contributed by atoms with E-state index in [-0.39, 0.29) is 41.9 Å². The van der Waals surface area contributed by atoms with Gasteiger partial charge in [-0.1, -0.05) is 27.7 Å². The second-order valence-corrected chi connectivity index (χ2v) is 5.92. The molecule has 0 aromatic heterocycles. The van der Waals surface area contributed by atoms with Crippen molar-refractivity contribution in [3.63, 3.8) is 0 Å². The van der Waals surface area contributed by atoms with Gasteiger partial charge in [0.2, 0.25) is 11.8 Å². The van der Waals surface area contributed by atoms with Crippen molar-refractivity contribution in [2.24, 2.45) is 17.8 Å². The van der Waals surface area contributed by atoms with Crippen molar-refractivity contribution in [3.8, 4) is 0 Å². The van der Waals surface area contributed by atoms with Crippen molar-refractivity contribution in [1.82, 2.24) is 4.90 Å². The highest BCUT2D eigenvalue weighted by molar-refractivity contribution is 6.03. The topological polar surface area (TPSA) is 63.7 Å². The molecule has 20 heavy (non-hydrogen) atoms. The summed E-state index contributed by atoms with van der Waals surface area (Å²) in [6.45, 7) is 8.55. The molecule has 5 heteroatoms. The molecule has 1 saturated heterocycles. The van der Waals surface area contributed by atoms with Crippen LogP contribution in [0.3, 0.4) is 0 Å². The zero-order valence-electron chi connectivity index (χ0n) is 12.8. The lowest BCUT2D eigenvalue weighted by Gasteiger charge is -2.16. The van der Waals surface area contributed by atoms with Crippen molar-refractivity contribution >= 4 is 17.6 Å². The number of Topliss-reactive ketones (excluding diaryl/α,β-unsaturated/α-hetero) is 1. The molecule has 1 aliphatic rings. The predicted octanol–water partition coefficient (Wildman–Crippen LogP) is 1.65. The Kier molecular flexibility index (Phi) is 6.33. The Hall–Kier alpha value is -1.23. The molecule has 0 aromatic rings. The van der Waals surface area contributed by atoms with Crippen LogP contribution >= 0.6 is 0 Å². The number of ether oxygens (including phenoxy) is 1. The van der Waals surface area contributed by atoms with Crippen molar-refractivity contribution in [2.75, 3.05) is 19.8 Å². The SMILES string of the molecule is CC(C)C(=O)CCOCCN1C(=O)CC(C(C)C)C1=O. The van der Waals surface area contributed by atoms with E-state index >= 15 is 0 Å². The van der Waals surface area contributed by atoms with Gasteiger partial charge in [0.1, 0.15) is 5.78 Å². The fraction of sp³-hybridized carbons (Fsp3) is 0.800. The van der Waals surface area contributed by atoms with E-state index in [0.29, 0.717) is 26.1 Å². The van der Waals surface area contributed by atoms with E-state index in [1.54, 1.807) is 0 Å². The van der Waals surface area contributed by atoms with Crippen molar-refractivity contribution < 1.29 is 19.1 Å². The number of hydrogen-bond donors (Lipinski definition) is 0. The van der Waals surface area contributed by atoms with Gasteiger partial charge in [0, 0.05) is 24.7 Å². The zero-order chi connectivity index (χ0) is 15.3. The highest BCUT2D eigenvalue weighted by atomic mass is 16.5. The van der Waals surface area contributed by atoms with Gasteiger partial charge in [0.15, 0.2) is 0 Å². The number of nitrogens with zero attached hydrogens (tertiary/aromatic N) is 1. The van der Waals surface area contributed by atoms with Crippen LogP contribution in [0.1, 0.15) is 40.5 Å². The lowest BCUT2D eigenvalue weighted by Crippen LogP contribution is -2.34. The minimum Gasteiger partial charge on any atom is -0.379 e. The van der Waals surface area contributed by atoms with Crippen LogP contribution in [0.2, 0.25) is 0 Å². The summed E-state index contributed by atoms with van der Waals surface area (Å²) in [6, 6.07) is 0. The van der Waals surface area contributed by atoms with Gasteiger partial charge in [-0.2, -0.15) is 0 Å². The highest BCUT2D eigenvalue weighted by Gasteiger charge is 2.39. The highest BCUT2D eigenvalue weighted by Crippen LogP contribution is 2.25. The molecule has 5 nitrogen and oxygen atoms in total. The third-order valence-corrected chi connectivity index (χ3v) is 3.68. The Bertz CT molecular complexity index is 376. The maximum Gasteiger partial charge on any atom is 0.233 e. The lowest BCUT2D eigenvalue weighted by atomic mass is 9.94. The number of ketones is 1. The van der Waals surface area contributed by atoms with Crippen LogP contribution in [0.15, 0.2) is 0 Å². The third-order valence-electron chi connectivity index (χ3n) is 3.68. The Morgan fingerprint density at radius 2 is 1.90 bits per heavy atom. The van der Waals surface area contributed by atoms with Gasteiger partial charge >= 0.3 is 0 Å². The summed E-state index contributed by atoms with van der Waals surface area (Å²) in [4.78, 5) is 36.4. The molecule has 2 amide bonds. The monoisotopic (exact) mass is 283 g/mol. The van der Waals surface area contributed by atoms with E-state index in [9.17, 15) is 14.4 Å². The van der Waals surface area contributed by atoms with Crippen LogP contribution in [0, 0.1) is 17.8 Å². The molecular formula is C15H25NO4. The molecule has 1 rings (SSSR count). The summed E-state index contributed by atoms with van der Waals surface area (Å²) in [7, 11) is 0. The first-order valence-corrected chi connectivity index (χ1v) is 7.29. The normalized spacial score (nSPS) is 19.5. The summed E-state index contributed by atoms with van der Waals surface area (Å²) in [5, 5.41) is 0. The third kappa shape index (κ3) is 4.40. The standard InChI is InChI=1S/C15H25NO4/c1-10(2)12-9-14(18)16(15(12)19)6-8-20-7-5-13(17)11(3)4/h10-12H,5-9H2,1-4H3. The molecule has 1 atom stereocenters. The van der Waals surface area contributed by atoms with E-state index < -0.39 is 0 Å². The molecule has 1 heterocycles. The van der Waals surface area contributed by atoms with Crippen LogP contribution in [0.25, 0.3) is 0 Å². The van der Waals surface area contributed by atoms with E-state index in [1.807, 2.05) is 27.7 Å². The molecule has 114 valence electrons. The number of imide groups is 1. The van der Waals surface area contributed by atoms with Crippen LogP contribution in [0.5, 0.6) is 0 Å². The molecular weight excluding hydrogens is 258 g/mol. The van der Waals surface area contributed by atoms with Crippen molar-refractivity contribution in [2.45, 2.75) is 40.5 Å². The molecule has 1 aliphatic heterocycles. The van der Waals surface area contributed by atoms with Crippen molar-refractivity contribution in [3.05, 3.63) is 0 Å². The Balaban J connectivity index is 2.27. The maximum absolute atomic E-state index is 12.0. The first-order valence-electron chi connectivity index (χ1n) is 7.29. The number of carbonyl (C=O) groups excluding carboxylic acids is 3. The molecule has 0 radical (unpaired) electrons. The average Bonchev–Trinajstić information content (AvgIpc) is 2.65. The summed E-state index contributed by atoms with van der Waals surface area (Å²) in [6.07, 6.45) is 0.691. The van der Waals surface area contributed by atoms with Gasteiger partial charge in [0.25, 0.3) is 0 Å². The maximum atomic E-state index is 12.0. The van der Waals surface area contributed by atoms with Gasteiger partial charge in [-0.25, -0.2) is 0 Å². The molecule has 0 spiro atoms. The van der Waals surface area contributed by atoms with Gasteiger partial charge in [-0.15, -0.1) is 0 Å². The first kappa shape index (κ1) is 16.8. The van der Waals surface area contributed by atoms with Crippen LogP contribution < -0.4 is 0 Å². The molecule has 0 saturated carbocycles. The van der Waals surface area contributed by atoms with Gasteiger partial charge < -0.3 is 4.74 Å². The summed E-state index contributed by atoms with van der Waals surface area (Å²) in [5.41, 5.74) is 0. The first-order chi connectivity index (χ1) is 9.34. The number of hydrogen-bond acceptors (Lipinski definition) is 4. The Morgan fingerprint density at radius 3 is 2.40 bits per heavy atom. The van der Waals surface area contributed by atoms with E-state index in [0.717, 1.165) is 0 Å². The lowest BCUT2D eigenvalue weighted by molar-refractivity contribution is -0.140. The summed E-state index contributed by atoms with van der Waals surface area (Å²) < 4.78 is 5.34. The van der Waals surface area contributed by atoms with E-state index in [2.05, 4.69) is 0 Å². The molecule has 1 unspecified atom stereocenters. The summed E-state index contributed by atoms with van der Waals surface area (Å²) in [5.74, 6) is -0.0289. The number of likely N-dealkylation sites (tertiary alicyclic amines) is 1. The minimum absolute atomic E-state index is 0.0205. The van der Waals surface area contributed by atoms with Crippen molar-refractivity contribution in [1.29, 1.82) is 0 Å². The zero-order valence-corrected chi connectivity index (χ0v) is 12.8. The Morgan fingerprint density at radius 1 is 1.25 bits per heavy atom. The van der Waals surface area contributed by atoms with Crippen LogP contribution in [-0.2, 0) is 19.1 Å². The fourth-order valence-corrected chi connectivity index (χ4v) is 2.18. The fourth-order valence-electron chi connectivity index (χ4n) is 2.18. The Labute approximate surface area is 120 Å². The van der Waals surface area contributed by atoms with Gasteiger partial charge in [-0.3, -0.25) is 19.3 Å². The van der Waals surface area contributed by atoms with Gasteiger partial charge in [0.05, 0.1) is 19.8 Å². The second-order valence-electron chi connectivity index (χ2n) is 5.92. The smallest absolute Gasteiger partial charge is 0.233 e. The molecule has 1 fully saturated rings. The minimum atomic E-state index is -0.190. The second kappa shape index (κ2) is 7.53. The molecule has 0 bridgehead atoms. The number of amides is 2. The largest absolute Gasteiger partial charge is 0.379 e. The van der Waals surface area contributed by atoms with Gasteiger partial charge in [-0.05, 0) is 5.92 Å². The number of carbonyl (C=O) groups is 3. The van der Waals surface area contributed by atoms with Crippen LogP contribution in [-0.4, -0.2) is 42.3 Å². The number of rotatable bonds is 8. The van der Waals surface area contributed by atoms with E-state index in [1.165, 1.54) is 4.90 Å². The molecule has 0 aliphatic carbocycles. The van der Waals surface area contributed by atoms with Crippen LogP contribution in [0.4, 0.5) is 0 Å². The molecule has 0 aromatic carbocycles. The quantitative estimate of drug-likeness (QED) is 0.502. The molecule has 0 N–H and O–H groups in total. The average molecular weight is 283 g/mol. The van der Waals surface area contributed by atoms with E-state index in [4.69, 9.17) is 4.74 Å². The predicted molar refractivity (Wildman–Crippen MR) is 74.9 cm³/mol. The summed E-state index contributed by atoms with van der Waals surface area (Å²) >= 11 is 0.